The van der Waals surface area contributed by atoms with Crippen molar-refractivity contribution in [3.8, 4) is 11.5 Å². The quantitative estimate of drug-likeness (QED) is 0.494. The Bertz CT molecular complexity index is 1360. The zero-order chi connectivity index (χ0) is 21.6. The van der Waals surface area contributed by atoms with E-state index in [0.717, 1.165) is 4.88 Å². The third-order valence-corrected chi connectivity index (χ3v) is 8.05. The largest absolute Gasteiger partial charge is 0.463 e. The minimum absolute atomic E-state index is 0.0671. The van der Waals surface area contributed by atoms with Gasteiger partial charge in [-0.15, -0.1) is 11.3 Å². The summed E-state index contributed by atoms with van der Waals surface area (Å²) in [4.78, 5) is 23.3. The van der Waals surface area contributed by atoms with Gasteiger partial charge >= 0.3 is 0 Å². The molecule has 1 unspecified atom stereocenters. The molecule has 0 bridgehead atoms. The highest BCUT2D eigenvalue weighted by molar-refractivity contribution is 7.91. The number of hydrogen-bond acceptors (Lipinski definition) is 7. The number of rotatable bonds is 5. The van der Waals surface area contributed by atoms with E-state index < -0.39 is 9.84 Å². The zero-order valence-electron chi connectivity index (χ0n) is 16.7. The molecular weight excluding hydrogens is 436 g/mol. The lowest BCUT2D eigenvalue weighted by molar-refractivity contribution is 0.0948. The third-order valence-electron chi connectivity index (χ3n) is 5.42. The molecule has 1 aliphatic heterocycles. The number of fused-ring (bicyclic) bond motifs is 1. The topological polar surface area (TPSA) is 107 Å². The Kier molecular flexibility index (Phi) is 4.90. The third kappa shape index (κ3) is 3.77. The predicted octanol–water partition coefficient (Wildman–Crippen LogP) is 3.35. The van der Waals surface area contributed by atoms with Gasteiger partial charge in [0.1, 0.15) is 17.0 Å². The number of hydrogen-bond donors (Lipinski definition) is 1. The van der Waals surface area contributed by atoms with Gasteiger partial charge in [-0.05, 0) is 43.0 Å². The molecule has 1 fully saturated rings. The number of sulfone groups is 1. The molecule has 1 N–H and O–H groups in total. The summed E-state index contributed by atoms with van der Waals surface area (Å²) in [5.74, 6) is 1.07. The first kappa shape index (κ1) is 20.0. The Labute approximate surface area is 182 Å². The molecule has 160 valence electrons. The molecule has 5 heterocycles. The number of pyridine rings is 1. The maximum Gasteiger partial charge on any atom is 0.272 e. The first-order valence-corrected chi connectivity index (χ1v) is 12.6. The molecule has 1 atom stereocenters. The lowest BCUT2D eigenvalue weighted by Gasteiger charge is -2.14. The Hall–Kier alpha value is -2.98. The average Bonchev–Trinajstić information content (AvgIpc) is 3.52. The molecule has 1 aliphatic rings. The lowest BCUT2D eigenvalue weighted by Crippen LogP contribution is -2.24. The van der Waals surface area contributed by atoms with Crippen molar-refractivity contribution in [1.82, 2.24) is 19.9 Å². The number of aromatic nitrogens is 3. The van der Waals surface area contributed by atoms with Crippen molar-refractivity contribution in [2.24, 2.45) is 0 Å². The second-order valence-corrected chi connectivity index (χ2v) is 10.8. The SMILES string of the molecule is Cc1nc2c(C(=O)NCc3cccs3)nc(-c3ccco3)cc2n1C1CCS(=O)(=O)C1. The highest BCUT2D eigenvalue weighted by atomic mass is 32.2. The summed E-state index contributed by atoms with van der Waals surface area (Å²) in [6.45, 7) is 2.22. The molecule has 5 rings (SSSR count). The lowest BCUT2D eigenvalue weighted by atomic mass is 10.2. The van der Waals surface area contributed by atoms with Crippen molar-refractivity contribution in [3.05, 3.63) is 58.4 Å². The number of carbonyl (C=O) groups excluding carboxylic acids is 1. The summed E-state index contributed by atoms with van der Waals surface area (Å²) in [5.41, 5.74) is 1.84. The summed E-state index contributed by atoms with van der Waals surface area (Å²) < 4.78 is 31.6. The molecule has 0 aromatic carbocycles. The van der Waals surface area contributed by atoms with Crippen molar-refractivity contribution < 1.29 is 17.6 Å². The van der Waals surface area contributed by atoms with Gasteiger partial charge in [0.15, 0.2) is 21.3 Å². The Balaban J connectivity index is 1.62. The molecule has 1 saturated heterocycles. The molecule has 0 spiro atoms. The monoisotopic (exact) mass is 456 g/mol. The van der Waals surface area contributed by atoms with Crippen LogP contribution in [0.25, 0.3) is 22.5 Å². The maximum absolute atomic E-state index is 13.1. The Morgan fingerprint density at radius 2 is 2.19 bits per heavy atom. The Morgan fingerprint density at radius 3 is 2.87 bits per heavy atom. The predicted molar refractivity (Wildman–Crippen MR) is 118 cm³/mol. The van der Waals surface area contributed by atoms with Crippen molar-refractivity contribution in [3.63, 3.8) is 0 Å². The van der Waals surface area contributed by atoms with Crippen LogP contribution in [-0.4, -0.2) is 40.4 Å². The number of nitrogens with one attached hydrogen (secondary N) is 1. The number of aryl methyl sites for hydroxylation is 1. The standard InChI is InChI=1S/C21H20N4O4S2/c1-13-23-19-17(25(13)14-6-9-31(27,28)12-14)10-16(18-5-2-7-29-18)24-20(19)21(26)22-11-15-4-3-8-30-15/h2-5,7-8,10,14H,6,9,11-12H2,1H3,(H,22,26). The van der Waals surface area contributed by atoms with Crippen molar-refractivity contribution in [2.45, 2.75) is 25.9 Å². The van der Waals surface area contributed by atoms with E-state index in [-0.39, 0.29) is 29.1 Å². The van der Waals surface area contributed by atoms with E-state index >= 15 is 0 Å². The van der Waals surface area contributed by atoms with Gasteiger partial charge in [0, 0.05) is 4.88 Å². The van der Waals surface area contributed by atoms with Gasteiger partial charge in [0.05, 0.1) is 35.9 Å². The summed E-state index contributed by atoms with van der Waals surface area (Å²) in [5, 5.41) is 4.87. The molecule has 0 radical (unpaired) electrons. The first-order chi connectivity index (χ1) is 14.9. The number of furan rings is 1. The van der Waals surface area contributed by atoms with Crippen LogP contribution in [0.15, 0.2) is 46.4 Å². The second kappa shape index (κ2) is 7.61. The van der Waals surface area contributed by atoms with E-state index in [1.54, 1.807) is 29.7 Å². The van der Waals surface area contributed by atoms with E-state index in [1.807, 2.05) is 35.1 Å². The van der Waals surface area contributed by atoms with Gasteiger partial charge < -0.3 is 14.3 Å². The number of carbonyl (C=O) groups is 1. The Morgan fingerprint density at radius 1 is 1.32 bits per heavy atom. The average molecular weight is 457 g/mol. The fraction of sp³-hybridized carbons (Fsp3) is 0.286. The van der Waals surface area contributed by atoms with Crippen LogP contribution in [0.4, 0.5) is 0 Å². The van der Waals surface area contributed by atoms with Crippen LogP contribution in [0.1, 0.15) is 33.7 Å². The van der Waals surface area contributed by atoms with Crippen LogP contribution in [0, 0.1) is 6.92 Å². The zero-order valence-corrected chi connectivity index (χ0v) is 18.4. The first-order valence-electron chi connectivity index (χ1n) is 9.86. The van der Waals surface area contributed by atoms with Gasteiger partial charge in [-0.3, -0.25) is 4.79 Å². The summed E-state index contributed by atoms with van der Waals surface area (Å²) >= 11 is 1.56. The molecule has 8 nitrogen and oxygen atoms in total. The highest BCUT2D eigenvalue weighted by Crippen LogP contribution is 2.32. The summed E-state index contributed by atoms with van der Waals surface area (Å²) in [6.07, 6.45) is 2.07. The summed E-state index contributed by atoms with van der Waals surface area (Å²) in [7, 11) is -3.08. The summed E-state index contributed by atoms with van der Waals surface area (Å²) in [6, 6.07) is 9.01. The second-order valence-electron chi connectivity index (χ2n) is 7.55. The maximum atomic E-state index is 13.1. The number of nitrogens with zero attached hydrogens (tertiary/aromatic N) is 3. The fourth-order valence-electron chi connectivity index (χ4n) is 4.02. The fourth-order valence-corrected chi connectivity index (χ4v) is 6.37. The molecule has 31 heavy (non-hydrogen) atoms. The number of thiophene rings is 1. The molecular formula is C21H20N4O4S2. The van der Waals surface area contributed by atoms with Gasteiger partial charge in [0.2, 0.25) is 0 Å². The van der Waals surface area contributed by atoms with Crippen molar-refractivity contribution in [1.29, 1.82) is 0 Å². The number of imidazole rings is 1. The van der Waals surface area contributed by atoms with E-state index in [2.05, 4.69) is 15.3 Å². The van der Waals surface area contributed by atoms with E-state index in [4.69, 9.17) is 4.42 Å². The molecule has 1 amide bonds. The van der Waals surface area contributed by atoms with Crippen LogP contribution in [-0.2, 0) is 16.4 Å². The molecule has 0 aliphatic carbocycles. The molecule has 10 heteroatoms. The van der Waals surface area contributed by atoms with Crippen LogP contribution in [0.2, 0.25) is 0 Å². The van der Waals surface area contributed by atoms with Crippen LogP contribution >= 0.6 is 11.3 Å². The minimum Gasteiger partial charge on any atom is -0.463 e. The van der Waals surface area contributed by atoms with Crippen LogP contribution in [0.3, 0.4) is 0 Å². The van der Waals surface area contributed by atoms with Gasteiger partial charge in [-0.25, -0.2) is 18.4 Å². The molecule has 4 aromatic heterocycles. The number of amides is 1. The smallest absolute Gasteiger partial charge is 0.272 e. The molecule has 4 aromatic rings. The normalized spacial score (nSPS) is 17.9. The van der Waals surface area contributed by atoms with Crippen LogP contribution < -0.4 is 5.32 Å². The van der Waals surface area contributed by atoms with E-state index in [1.165, 1.54) is 0 Å². The van der Waals surface area contributed by atoms with Crippen molar-refractivity contribution in [2.75, 3.05) is 11.5 Å². The van der Waals surface area contributed by atoms with Gasteiger partial charge in [0.25, 0.3) is 5.91 Å². The van der Waals surface area contributed by atoms with Gasteiger partial charge in [-0.1, -0.05) is 6.07 Å². The minimum atomic E-state index is -3.08. The highest BCUT2D eigenvalue weighted by Gasteiger charge is 2.32. The molecule has 0 saturated carbocycles. The van der Waals surface area contributed by atoms with E-state index in [0.29, 0.717) is 41.3 Å². The van der Waals surface area contributed by atoms with Gasteiger partial charge in [-0.2, -0.15) is 0 Å². The van der Waals surface area contributed by atoms with Crippen molar-refractivity contribution >= 4 is 38.1 Å². The van der Waals surface area contributed by atoms with E-state index in [9.17, 15) is 13.2 Å². The van der Waals surface area contributed by atoms with Crippen LogP contribution in [0.5, 0.6) is 0 Å².